The first kappa shape index (κ1) is 10.2. The number of carbonyl (C=O) groups excluding carboxylic acids is 2. The molecule has 48 valence electrons. The normalized spacial score (nSPS) is 7.25. The lowest BCUT2D eigenvalue weighted by Crippen LogP contribution is -1.96. The molecule has 0 N–H and O–H groups in total. The molecule has 0 unspecified atom stereocenters. The lowest BCUT2D eigenvalue weighted by atomic mass is 10.3. The van der Waals surface area contributed by atoms with Gasteiger partial charge in [0.25, 0.3) is 0 Å². The number of rotatable bonds is 2. The van der Waals surface area contributed by atoms with Crippen LogP contribution in [0.2, 0.25) is 0 Å². The van der Waals surface area contributed by atoms with Gasteiger partial charge in [0.1, 0.15) is 5.78 Å². The third-order valence-electron chi connectivity index (χ3n) is 0.388. The molecule has 0 rings (SSSR count). The second-order valence-electron chi connectivity index (χ2n) is 1.23. The van der Waals surface area contributed by atoms with Gasteiger partial charge in [0.05, 0.1) is 6.42 Å². The molecule has 0 amide bonds. The molecule has 0 bridgehead atoms. The molecular weight excluding hydrogens is 118 g/mol. The van der Waals surface area contributed by atoms with Gasteiger partial charge < -0.3 is 0 Å². The topological polar surface area (TPSA) is 34.1 Å². The predicted molar refractivity (Wildman–Crippen MR) is 23.9 cm³/mol. The Labute approximate surface area is 45.1 Å². The highest BCUT2D eigenvalue weighted by Gasteiger charge is 1.99. The first-order chi connectivity index (χ1) is 3.13. The van der Waals surface area contributed by atoms with Gasteiger partial charge >= 0.3 is 6.04 Å². The van der Waals surface area contributed by atoms with E-state index in [1.165, 1.54) is 0 Å². The standard InChI is InChI=1S/C4H5FO2.FH/c1-3(6)2-4(5)7;/h2H2,1H3;1H. The molecule has 4 heteroatoms. The van der Waals surface area contributed by atoms with Crippen LogP contribution in [-0.4, -0.2) is 11.8 Å². The molecule has 0 radical (unpaired) electrons. The van der Waals surface area contributed by atoms with Crippen molar-refractivity contribution in [2.45, 2.75) is 13.3 Å². The smallest absolute Gasteiger partial charge is 0.299 e. The minimum Gasteiger partial charge on any atom is -0.299 e. The fraction of sp³-hybridized carbons (Fsp3) is 0.500. The van der Waals surface area contributed by atoms with E-state index in [-0.39, 0.29) is 4.70 Å². The summed E-state index contributed by atoms with van der Waals surface area (Å²) >= 11 is 0. The van der Waals surface area contributed by atoms with E-state index in [0.29, 0.717) is 0 Å². The van der Waals surface area contributed by atoms with Crippen molar-refractivity contribution < 1.29 is 18.7 Å². The number of halogens is 2. The minimum atomic E-state index is -1.56. The molecule has 0 aliphatic rings. The molecule has 0 aromatic rings. The molecule has 0 aliphatic carbocycles. The third-order valence-corrected chi connectivity index (χ3v) is 0.388. The highest BCUT2D eigenvalue weighted by atomic mass is 19.1. The maximum absolute atomic E-state index is 11.1. The average Bonchev–Trinajstić information content (AvgIpc) is 1.27. The lowest BCUT2D eigenvalue weighted by molar-refractivity contribution is -0.133. The zero-order valence-electron chi connectivity index (χ0n) is 4.31. The first-order valence-electron chi connectivity index (χ1n) is 1.80. The molecule has 8 heavy (non-hydrogen) atoms. The number of hydrogen-bond acceptors (Lipinski definition) is 2. The molecule has 0 aromatic heterocycles. The van der Waals surface area contributed by atoms with Crippen LogP contribution in [0, 0.1) is 0 Å². The average molecular weight is 124 g/mol. The number of ketones is 1. The van der Waals surface area contributed by atoms with Crippen LogP contribution in [0.4, 0.5) is 9.09 Å². The third kappa shape index (κ3) is 8.96. The maximum Gasteiger partial charge on any atom is 0.308 e. The molecule has 0 aliphatic heterocycles. The molecule has 0 aromatic carbocycles. The van der Waals surface area contributed by atoms with E-state index in [2.05, 4.69) is 0 Å². The maximum atomic E-state index is 11.1. The number of hydrogen-bond donors (Lipinski definition) is 0. The van der Waals surface area contributed by atoms with Crippen molar-refractivity contribution in [3.8, 4) is 0 Å². The van der Waals surface area contributed by atoms with Crippen LogP contribution in [0.1, 0.15) is 13.3 Å². The molecule has 2 nitrogen and oxygen atoms in total. The van der Waals surface area contributed by atoms with Gasteiger partial charge in [-0.25, -0.2) is 0 Å². The van der Waals surface area contributed by atoms with Gasteiger partial charge in [-0.2, -0.15) is 4.39 Å². The fourth-order valence-corrected chi connectivity index (χ4v) is 0.196. The molecule has 0 fully saturated rings. The summed E-state index contributed by atoms with van der Waals surface area (Å²) in [6, 6.07) is -1.56. The Kier molecular flexibility index (Phi) is 5.58. The Balaban J connectivity index is 0. The predicted octanol–water partition coefficient (Wildman–Crippen LogP) is 0.614. The van der Waals surface area contributed by atoms with Gasteiger partial charge in [-0.15, -0.1) is 0 Å². The first-order valence-corrected chi connectivity index (χ1v) is 1.80. The summed E-state index contributed by atoms with van der Waals surface area (Å²) in [5.74, 6) is -0.437. The van der Waals surface area contributed by atoms with E-state index in [9.17, 15) is 14.0 Å². The second-order valence-corrected chi connectivity index (χ2v) is 1.23. The van der Waals surface area contributed by atoms with Crippen LogP contribution in [0.15, 0.2) is 0 Å². The monoisotopic (exact) mass is 124 g/mol. The van der Waals surface area contributed by atoms with E-state index >= 15 is 0 Å². The Hall–Kier alpha value is -0.800. The SMILES string of the molecule is CC(=O)CC(=O)F.F. The molecule has 0 heterocycles. The summed E-state index contributed by atoms with van der Waals surface area (Å²) in [5, 5.41) is 0. The highest BCUT2D eigenvalue weighted by Crippen LogP contribution is 1.83. The van der Waals surface area contributed by atoms with Gasteiger partial charge in [0, 0.05) is 0 Å². The number of carbonyl (C=O) groups is 2. The number of Topliss-reactive ketones (excluding diaryl/α,β-unsaturated/α-hetero) is 1. The summed E-state index contributed by atoms with van der Waals surface area (Å²) in [5.41, 5.74) is 0. The molecular formula is C4H6F2O2. The largest absolute Gasteiger partial charge is 0.308 e. The van der Waals surface area contributed by atoms with Crippen LogP contribution < -0.4 is 0 Å². The van der Waals surface area contributed by atoms with Crippen molar-refractivity contribution in [1.29, 1.82) is 0 Å². The van der Waals surface area contributed by atoms with Crippen molar-refractivity contribution in [1.82, 2.24) is 0 Å². The Morgan fingerprint density at radius 3 is 1.88 bits per heavy atom. The van der Waals surface area contributed by atoms with Crippen molar-refractivity contribution in [3.63, 3.8) is 0 Å². The Bertz CT molecular complexity index is 88.2. The van der Waals surface area contributed by atoms with E-state index in [1.54, 1.807) is 0 Å². The van der Waals surface area contributed by atoms with Crippen LogP contribution in [0.3, 0.4) is 0 Å². The van der Waals surface area contributed by atoms with Crippen molar-refractivity contribution in [2.24, 2.45) is 0 Å². The Morgan fingerprint density at radius 1 is 1.50 bits per heavy atom. The second kappa shape index (κ2) is 4.36. The van der Waals surface area contributed by atoms with Crippen molar-refractivity contribution in [2.75, 3.05) is 0 Å². The van der Waals surface area contributed by atoms with Gasteiger partial charge in [-0.1, -0.05) is 0 Å². The summed E-state index contributed by atoms with van der Waals surface area (Å²) < 4.78 is 11.1. The summed E-state index contributed by atoms with van der Waals surface area (Å²) in [7, 11) is 0. The summed E-state index contributed by atoms with van der Waals surface area (Å²) in [6.45, 7) is 1.16. The Morgan fingerprint density at radius 2 is 1.88 bits per heavy atom. The van der Waals surface area contributed by atoms with Crippen molar-refractivity contribution in [3.05, 3.63) is 0 Å². The van der Waals surface area contributed by atoms with Gasteiger partial charge in [0.2, 0.25) is 0 Å². The zero-order valence-corrected chi connectivity index (χ0v) is 4.31. The minimum absolute atomic E-state index is 0. The molecule has 0 saturated carbocycles. The van der Waals surface area contributed by atoms with Crippen LogP contribution >= 0.6 is 0 Å². The molecule has 0 atom stereocenters. The zero-order chi connectivity index (χ0) is 5.86. The van der Waals surface area contributed by atoms with Crippen LogP contribution in [0.5, 0.6) is 0 Å². The highest BCUT2D eigenvalue weighted by molar-refractivity contribution is 5.93. The quantitative estimate of drug-likeness (QED) is 0.399. The van der Waals surface area contributed by atoms with Gasteiger partial charge in [-0.3, -0.25) is 14.3 Å². The van der Waals surface area contributed by atoms with Crippen LogP contribution in [-0.2, 0) is 9.59 Å². The summed E-state index contributed by atoms with van der Waals surface area (Å²) in [4.78, 5) is 19.2. The van der Waals surface area contributed by atoms with Gasteiger partial charge in [-0.05, 0) is 6.92 Å². The van der Waals surface area contributed by atoms with Crippen molar-refractivity contribution >= 4 is 11.8 Å². The van der Waals surface area contributed by atoms with Gasteiger partial charge in [0.15, 0.2) is 0 Å². The molecule has 0 saturated heterocycles. The lowest BCUT2D eigenvalue weighted by Gasteiger charge is -1.77. The summed E-state index contributed by atoms with van der Waals surface area (Å²) in [6.07, 6.45) is -0.583. The van der Waals surface area contributed by atoms with E-state index in [1.807, 2.05) is 0 Å². The van der Waals surface area contributed by atoms with Crippen LogP contribution in [0.25, 0.3) is 0 Å². The van der Waals surface area contributed by atoms with E-state index in [4.69, 9.17) is 0 Å². The fourth-order valence-electron chi connectivity index (χ4n) is 0.196. The van der Waals surface area contributed by atoms with E-state index in [0.717, 1.165) is 6.92 Å². The van der Waals surface area contributed by atoms with E-state index < -0.39 is 18.2 Å². The molecule has 0 spiro atoms.